The quantitative estimate of drug-likeness (QED) is 0.684. The Kier molecular flexibility index (Phi) is 4.58. The lowest BCUT2D eigenvalue weighted by atomic mass is 9.68. The molecule has 3 rings (SSSR count). The van der Waals surface area contributed by atoms with E-state index in [-0.39, 0.29) is 11.5 Å². The van der Waals surface area contributed by atoms with Crippen LogP contribution in [-0.4, -0.2) is 19.4 Å². The second-order valence-corrected chi connectivity index (χ2v) is 8.24. The molecule has 5 heteroatoms. The maximum atomic E-state index is 12.9. The minimum absolute atomic E-state index is 0.255. The number of anilines is 1. The summed E-state index contributed by atoms with van der Waals surface area (Å²) in [6.07, 6.45) is -0.733. The Labute approximate surface area is 142 Å². The van der Waals surface area contributed by atoms with Crippen LogP contribution in [-0.2, 0) is 10.9 Å². The normalized spacial score (nSPS) is 28.6. The predicted molar refractivity (Wildman–Crippen MR) is 88.8 cm³/mol. The van der Waals surface area contributed by atoms with Crippen LogP contribution in [0.1, 0.15) is 45.6 Å². The molecule has 1 saturated carbocycles. The van der Waals surface area contributed by atoms with Crippen molar-refractivity contribution in [2.24, 2.45) is 17.3 Å². The largest absolute Gasteiger partial charge is 0.416 e. The van der Waals surface area contributed by atoms with Gasteiger partial charge in [0, 0.05) is 18.2 Å². The van der Waals surface area contributed by atoms with Crippen molar-refractivity contribution in [3.8, 4) is 0 Å². The summed E-state index contributed by atoms with van der Waals surface area (Å²) in [5, 5.41) is 0. The monoisotopic (exact) mass is 341 g/mol. The number of alkyl halides is 3. The van der Waals surface area contributed by atoms with Gasteiger partial charge in [-0.2, -0.15) is 13.2 Å². The Balaban J connectivity index is 1.74. The molecule has 2 nitrogen and oxygen atoms in total. The Morgan fingerprint density at radius 3 is 2.54 bits per heavy atom. The van der Waals surface area contributed by atoms with E-state index in [4.69, 9.17) is 4.74 Å². The van der Waals surface area contributed by atoms with Crippen molar-refractivity contribution >= 4 is 5.69 Å². The van der Waals surface area contributed by atoms with Gasteiger partial charge in [-0.05, 0) is 48.8 Å². The van der Waals surface area contributed by atoms with Crippen LogP contribution in [0.5, 0.6) is 0 Å². The first-order valence-electron chi connectivity index (χ1n) is 8.68. The molecule has 3 atom stereocenters. The molecular weight excluding hydrogens is 315 g/mol. The van der Waals surface area contributed by atoms with Crippen molar-refractivity contribution in [2.75, 3.05) is 18.2 Å². The summed E-state index contributed by atoms with van der Waals surface area (Å²) in [4.78, 5) is 1.95. The Bertz CT molecular complexity index is 579. The van der Waals surface area contributed by atoms with Gasteiger partial charge in [-0.15, -0.1) is 0 Å². The highest BCUT2D eigenvalue weighted by atomic mass is 19.4. The number of halogens is 3. The van der Waals surface area contributed by atoms with Crippen LogP contribution in [0.2, 0.25) is 0 Å². The molecule has 134 valence electrons. The minimum atomic E-state index is -4.31. The summed E-state index contributed by atoms with van der Waals surface area (Å²) in [5.74, 6) is 1.04. The Morgan fingerprint density at radius 2 is 1.88 bits per heavy atom. The molecule has 0 amide bonds. The smallest absolute Gasteiger partial charge is 0.358 e. The van der Waals surface area contributed by atoms with Crippen molar-refractivity contribution in [3.05, 3.63) is 29.8 Å². The Morgan fingerprint density at radius 1 is 1.12 bits per heavy atom. The van der Waals surface area contributed by atoms with Gasteiger partial charge in [-0.1, -0.05) is 26.8 Å². The topological polar surface area (TPSA) is 12.5 Å². The van der Waals surface area contributed by atoms with E-state index in [1.807, 2.05) is 4.90 Å². The fourth-order valence-electron chi connectivity index (χ4n) is 4.01. The number of hydrogen-bond donors (Lipinski definition) is 0. The zero-order valence-corrected chi connectivity index (χ0v) is 14.6. The molecule has 24 heavy (non-hydrogen) atoms. The Hall–Kier alpha value is -1.23. The number of nitrogens with zero attached hydrogens (tertiary/aromatic N) is 1. The highest BCUT2D eigenvalue weighted by molar-refractivity contribution is 5.49. The number of ether oxygens (including phenoxy) is 1. The zero-order valence-electron chi connectivity index (χ0n) is 14.6. The molecule has 0 radical (unpaired) electrons. The first-order chi connectivity index (χ1) is 11.1. The van der Waals surface area contributed by atoms with Crippen LogP contribution in [0.4, 0.5) is 18.9 Å². The van der Waals surface area contributed by atoms with Gasteiger partial charge < -0.3 is 9.64 Å². The minimum Gasteiger partial charge on any atom is -0.358 e. The lowest BCUT2D eigenvalue weighted by Gasteiger charge is -2.47. The van der Waals surface area contributed by atoms with E-state index >= 15 is 0 Å². The van der Waals surface area contributed by atoms with Gasteiger partial charge >= 0.3 is 6.18 Å². The molecular formula is C19H26F3NO. The molecule has 1 aromatic carbocycles. The average Bonchev–Trinajstić information content (AvgIpc) is 2.52. The fourth-order valence-corrected chi connectivity index (χ4v) is 4.01. The third-order valence-corrected chi connectivity index (χ3v) is 5.58. The van der Waals surface area contributed by atoms with Gasteiger partial charge in [0.25, 0.3) is 0 Å². The van der Waals surface area contributed by atoms with Crippen LogP contribution >= 0.6 is 0 Å². The van der Waals surface area contributed by atoms with Crippen LogP contribution in [0, 0.1) is 17.3 Å². The van der Waals surface area contributed by atoms with Crippen molar-refractivity contribution in [3.63, 3.8) is 0 Å². The summed E-state index contributed by atoms with van der Waals surface area (Å²) in [6, 6.07) is 5.56. The molecule has 0 aromatic heterocycles. The molecule has 2 fully saturated rings. The third kappa shape index (κ3) is 3.71. The number of hydrogen-bond acceptors (Lipinski definition) is 2. The molecule has 1 aliphatic heterocycles. The molecule has 3 unspecified atom stereocenters. The zero-order chi connectivity index (χ0) is 17.5. The lowest BCUT2D eigenvalue weighted by molar-refractivity contribution is -0.137. The summed E-state index contributed by atoms with van der Waals surface area (Å²) in [7, 11) is 0. The number of rotatable bonds is 1. The van der Waals surface area contributed by atoms with Crippen molar-refractivity contribution in [1.82, 2.24) is 0 Å². The van der Waals surface area contributed by atoms with Crippen molar-refractivity contribution < 1.29 is 17.9 Å². The van der Waals surface area contributed by atoms with E-state index in [0.717, 1.165) is 25.5 Å². The van der Waals surface area contributed by atoms with Crippen LogP contribution in [0.25, 0.3) is 0 Å². The molecule has 1 aliphatic carbocycles. The van der Waals surface area contributed by atoms with Crippen LogP contribution in [0.3, 0.4) is 0 Å². The van der Waals surface area contributed by atoms with Gasteiger partial charge in [0.05, 0.1) is 11.7 Å². The summed E-state index contributed by atoms with van der Waals surface area (Å²) in [6.45, 7) is 7.96. The van der Waals surface area contributed by atoms with E-state index < -0.39 is 11.7 Å². The van der Waals surface area contributed by atoms with Crippen molar-refractivity contribution in [2.45, 2.75) is 52.3 Å². The van der Waals surface area contributed by atoms with Gasteiger partial charge in [-0.3, -0.25) is 0 Å². The van der Waals surface area contributed by atoms with E-state index in [9.17, 15) is 13.2 Å². The van der Waals surface area contributed by atoms with E-state index in [1.165, 1.54) is 18.6 Å². The second kappa shape index (κ2) is 6.25. The highest BCUT2D eigenvalue weighted by Crippen LogP contribution is 2.43. The molecule has 2 aliphatic rings. The van der Waals surface area contributed by atoms with E-state index in [1.54, 1.807) is 6.07 Å². The summed E-state index contributed by atoms with van der Waals surface area (Å²) < 4.78 is 44.8. The molecule has 0 spiro atoms. The molecule has 1 heterocycles. The van der Waals surface area contributed by atoms with Crippen LogP contribution < -0.4 is 4.90 Å². The number of benzene rings is 1. The van der Waals surface area contributed by atoms with Crippen LogP contribution in [0.15, 0.2) is 24.3 Å². The van der Waals surface area contributed by atoms with Crippen molar-refractivity contribution in [1.29, 1.82) is 0 Å². The van der Waals surface area contributed by atoms with E-state index in [0.29, 0.717) is 24.3 Å². The maximum absolute atomic E-state index is 12.9. The first kappa shape index (κ1) is 17.6. The standard InChI is InChI=1S/C19H26F3NO/c1-18(2,3)14-7-8-17-13(9-14)11-23(12-24-17)16-6-4-5-15(10-16)19(20,21)22/h4-6,10,13-14,17H,7-9,11-12H2,1-3H3. The predicted octanol–water partition coefficient (Wildman–Crippen LogP) is 5.33. The third-order valence-electron chi connectivity index (χ3n) is 5.58. The lowest BCUT2D eigenvalue weighted by Crippen LogP contribution is -2.49. The maximum Gasteiger partial charge on any atom is 0.416 e. The first-order valence-corrected chi connectivity index (χ1v) is 8.68. The summed E-state index contributed by atoms with van der Waals surface area (Å²) >= 11 is 0. The van der Waals surface area contributed by atoms with Gasteiger partial charge in [0.1, 0.15) is 6.73 Å². The molecule has 0 N–H and O–H groups in total. The summed E-state index contributed by atoms with van der Waals surface area (Å²) in [5.41, 5.74) is 0.267. The molecule has 1 aromatic rings. The van der Waals surface area contributed by atoms with E-state index in [2.05, 4.69) is 20.8 Å². The average molecular weight is 341 g/mol. The molecule has 1 saturated heterocycles. The SMILES string of the molecule is CC(C)(C)C1CCC2OCN(c3cccc(C(F)(F)F)c3)CC2C1. The second-order valence-electron chi connectivity index (χ2n) is 8.24. The van der Waals surface area contributed by atoms with Gasteiger partial charge in [0.2, 0.25) is 0 Å². The fraction of sp³-hybridized carbons (Fsp3) is 0.684. The highest BCUT2D eigenvalue weighted by Gasteiger charge is 2.39. The van der Waals surface area contributed by atoms with Gasteiger partial charge in [0.15, 0.2) is 0 Å². The number of fused-ring (bicyclic) bond motifs is 1. The van der Waals surface area contributed by atoms with Gasteiger partial charge in [-0.25, -0.2) is 0 Å². The molecule has 0 bridgehead atoms.